The van der Waals surface area contributed by atoms with E-state index in [4.69, 9.17) is 19.5 Å². The van der Waals surface area contributed by atoms with Gasteiger partial charge in [0.25, 0.3) is 0 Å². The molecule has 0 bridgehead atoms. The fourth-order valence-corrected chi connectivity index (χ4v) is 1.80. The second kappa shape index (κ2) is 6.72. The van der Waals surface area contributed by atoms with E-state index in [-0.39, 0.29) is 30.3 Å². The molecule has 0 aliphatic carbocycles. The van der Waals surface area contributed by atoms with E-state index in [2.05, 4.69) is 0 Å². The molecule has 5 nitrogen and oxygen atoms in total. The van der Waals surface area contributed by atoms with E-state index in [0.717, 1.165) is 12.1 Å². The number of carboxylic acid groups (broad SMARTS) is 1. The molecule has 2 aromatic rings. The topological polar surface area (TPSA) is 83.5 Å². The Hall–Kier alpha value is -2.88. The fraction of sp³-hybridized carbons (Fsp3) is 0.200. The number of nitrogens with zero attached hydrogens (tertiary/aromatic N) is 1. The normalized spacial score (nSPS) is 11.7. The summed E-state index contributed by atoms with van der Waals surface area (Å²) in [5.74, 6) is -3.69. The highest BCUT2D eigenvalue weighted by atomic mass is 19.1. The summed E-state index contributed by atoms with van der Waals surface area (Å²) in [5, 5.41) is 17.8. The fourth-order valence-electron chi connectivity index (χ4n) is 1.80. The predicted octanol–water partition coefficient (Wildman–Crippen LogP) is 3.33. The van der Waals surface area contributed by atoms with E-state index in [1.807, 2.05) is 6.07 Å². The van der Waals surface area contributed by atoms with Gasteiger partial charge in [-0.2, -0.15) is 5.26 Å². The van der Waals surface area contributed by atoms with Gasteiger partial charge in [0.15, 0.2) is 11.6 Å². The highest BCUT2D eigenvalue weighted by Crippen LogP contribution is 2.23. The average Bonchev–Trinajstić information content (AvgIpc) is 2.95. The van der Waals surface area contributed by atoms with Crippen molar-refractivity contribution >= 4 is 5.97 Å². The van der Waals surface area contributed by atoms with Crippen LogP contribution in [-0.4, -0.2) is 17.7 Å². The molecular weight excluding hydrogens is 296 g/mol. The maximum atomic E-state index is 13.4. The molecule has 0 fully saturated rings. The molecule has 0 amide bonds. The SMILES string of the molecule is N#CC(CCOc1ccc(F)cc1F)c1ccc(C(=O)O)o1. The Morgan fingerprint density at radius 3 is 2.73 bits per heavy atom. The van der Waals surface area contributed by atoms with Gasteiger partial charge in [-0.05, 0) is 24.3 Å². The van der Waals surface area contributed by atoms with E-state index in [0.29, 0.717) is 6.07 Å². The van der Waals surface area contributed by atoms with Gasteiger partial charge in [0, 0.05) is 12.5 Å². The van der Waals surface area contributed by atoms with Crippen LogP contribution >= 0.6 is 0 Å². The first kappa shape index (κ1) is 15.5. The van der Waals surface area contributed by atoms with Crippen LogP contribution in [0.15, 0.2) is 34.7 Å². The van der Waals surface area contributed by atoms with Crippen molar-refractivity contribution in [2.45, 2.75) is 12.3 Å². The first-order valence-electron chi connectivity index (χ1n) is 6.31. The van der Waals surface area contributed by atoms with Gasteiger partial charge >= 0.3 is 5.97 Å². The van der Waals surface area contributed by atoms with Crippen LogP contribution in [0, 0.1) is 23.0 Å². The molecule has 114 valence electrons. The minimum Gasteiger partial charge on any atom is -0.490 e. The number of ether oxygens (including phenoxy) is 1. The monoisotopic (exact) mass is 307 g/mol. The Balaban J connectivity index is 1.96. The number of benzene rings is 1. The molecule has 1 aromatic heterocycles. The number of hydrogen-bond donors (Lipinski definition) is 1. The molecule has 22 heavy (non-hydrogen) atoms. The van der Waals surface area contributed by atoms with Gasteiger partial charge in [-0.15, -0.1) is 0 Å². The number of aromatic carboxylic acids is 1. The molecule has 1 N–H and O–H groups in total. The van der Waals surface area contributed by atoms with Crippen molar-refractivity contribution in [1.82, 2.24) is 0 Å². The van der Waals surface area contributed by atoms with Crippen LogP contribution in [0.25, 0.3) is 0 Å². The molecule has 0 radical (unpaired) electrons. The first-order valence-corrected chi connectivity index (χ1v) is 6.31. The predicted molar refractivity (Wildman–Crippen MR) is 70.5 cm³/mol. The zero-order valence-corrected chi connectivity index (χ0v) is 11.3. The van der Waals surface area contributed by atoms with Crippen LogP contribution in [-0.2, 0) is 0 Å². The van der Waals surface area contributed by atoms with E-state index in [1.54, 1.807) is 0 Å². The van der Waals surface area contributed by atoms with Crippen molar-refractivity contribution in [2.24, 2.45) is 0 Å². The first-order chi connectivity index (χ1) is 10.5. The number of halogens is 2. The molecule has 2 rings (SSSR count). The smallest absolute Gasteiger partial charge is 0.371 e. The van der Waals surface area contributed by atoms with Crippen molar-refractivity contribution in [1.29, 1.82) is 5.26 Å². The molecular formula is C15H11F2NO4. The van der Waals surface area contributed by atoms with Gasteiger partial charge in [0.1, 0.15) is 17.5 Å². The minimum atomic E-state index is -1.23. The third-order valence-corrected chi connectivity index (χ3v) is 2.89. The number of carboxylic acids is 1. The molecule has 1 aromatic carbocycles. The Bertz CT molecular complexity index is 721. The van der Waals surface area contributed by atoms with Crippen molar-refractivity contribution in [3.05, 3.63) is 53.5 Å². The lowest BCUT2D eigenvalue weighted by molar-refractivity contribution is 0.0660. The van der Waals surface area contributed by atoms with E-state index < -0.39 is 23.5 Å². The van der Waals surface area contributed by atoms with Crippen molar-refractivity contribution in [3.63, 3.8) is 0 Å². The van der Waals surface area contributed by atoms with E-state index in [9.17, 15) is 13.6 Å². The highest BCUT2D eigenvalue weighted by Gasteiger charge is 2.18. The molecule has 1 heterocycles. The average molecular weight is 307 g/mol. The number of rotatable bonds is 6. The zero-order chi connectivity index (χ0) is 16.1. The van der Waals surface area contributed by atoms with Gasteiger partial charge in [0.2, 0.25) is 5.76 Å². The van der Waals surface area contributed by atoms with Crippen LogP contribution in [0.1, 0.15) is 28.7 Å². The largest absolute Gasteiger partial charge is 0.490 e. The maximum Gasteiger partial charge on any atom is 0.371 e. The van der Waals surface area contributed by atoms with Crippen molar-refractivity contribution < 1.29 is 27.8 Å². The van der Waals surface area contributed by atoms with Gasteiger partial charge in [-0.1, -0.05) is 0 Å². The summed E-state index contributed by atoms with van der Waals surface area (Å²) in [6.07, 6.45) is 0.167. The Labute approximate surface area is 124 Å². The van der Waals surface area contributed by atoms with Crippen LogP contribution < -0.4 is 4.74 Å². The molecule has 1 unspecified atom stereocenters. The molecule has 7 heteroatoms. The summed E-state index contributed by atoms with van der Waals surface area (Å²) in [5.41, 5.74) is 0. The zero-order valence-electron chi connectivity index (χ0n) is 11.3. The third kappa shape index (κ3) is 3.61. The minimum absolute atomic E-state index is 0.0100. The Kier molecular flexibility index (Phi) is 4.73. The van der Waals surface area contributed by atoms with Gasteiger partial charge in [-0.25, -0.2) is 13.6 Å². The molecule has 1 atom stereocenters. The van der Waals surface area contributed by atoms with Gasteiger partial charge < -0.3 is 14.3 Å². The Morgan fingerprint density at radius 2 is 2.14 bits per heavy atom. The van der Waals surface area contributed by atoms with Crippen LogP contribution in [0.2, 0.25) is 0 Å². The summed E-state index contributed by atoms with van der Waals surface area (Å²) in [6, 6.07) is 7.52. The number of furan rings is 1. The molecule has 0 aliphatic rings. The van der Waals surface area contributed by atoms with Gasteiger partial charge in [-0.3, -0.25) is 0 Å². The summed E-state index contributed by atoms with van der Waals surface area (Å²) in [4.78, 5) is 10.7. The lowest BCUT2D eigenvalue weighted by atomic mass is 10.1. The highest BCUT2D eigenvalue weighted by molar-refractivity contribution is 5.84. The maximum absolute atomic E-state index is 13.4. The molecule has 0 saturated carbocycles. The van der Waals surface area contributed by atoms with Crippen LogP contribution in [0.5, 0.6) is 5.75 Å². The summed E-state index contributed by atoms with van der Waals surface area (Å²) in [7, 11) is 0. The quantitative estimate of drug-likeness (QED) is 0.885. The second-order valence-corrected chi connectivity index (χ2v) is 4.40. The van der Waals surface area contributed by atoms with Crippen molar-refractivity contribution in [2.75, 3.05) is 6.61 Å². The number of nitriles is 1. The van der Waals surface area contributed by atoms with Crippen LogP contribution in [0.3, 0.4) is 0 Å². The molecule has 0 spiro atoms. The van der Waals surface area contributed by atoms with Crippen molar-refractivity contribution in [3.8, 4) is 11.8 Å². The summed E-state index contributed by atoms with van der Waals surface area (Å²) in [6.45, 7) is -0.0100. The summed E-state index contributed by atoms with van der Waals surface area (Å²) < 4.78 is 36.3. The Morgan fingerprint density at radius 1 is 1.36 bits per heavy atom. The molecule has 0 aliphatic heterocycles. The third-order valence-electron chi connectivity index (χ3n) is 2.89. The molecule has 0 saturated heterocycles. The van der Waals surface area contributed by atoms with E-state index in [1.165, 1.54) is 12.1 Å². The number of carbonyl (C=O) groups is 1. The van der Waals surface area contributed by atoms with E-state index >= 15 is 0 Å². The standard InChI is InChI=1S/C15H11F2NO4/c16-10-1-2-13(11(17)7-10)21-6-5-9(8-18)12-3-4-14(22-12)15(19)20/h1-4,7,9H,5-6H2,(H,19,20). The van der Waals surface area contributed by atoms with Crippen LogP contribution in [0.4, 0.5) is 8.78 Å². The van der Waals surface area contributed by atoms with Gasteiger partial charge in [0.05, 0.1) is 12.7 Å². The second-order valence-electron chi connectivity index (χ2n) is 4.40. The lowest BCUT2D eigenvalue weighted by Crippen LogP contribution is -2.05. The number of hydrogen-bond acceptors (Lipinski definition) is 4. The summed E-state index contributed by atoms with van der Waals surface area (Å²) >= 11 is 0. The lowest BCUT2D eigenvalue weighted by Gasteiger charge is -2.09.